The van der Waals surface area contributed by atoms with Gasteiger partial charge in [-0.2, -0.15) is 0 Å². The summed E-state index contributed by atoms with van der Waals surface area (Å²) in [6.45, 7) is 13.1. The van der Waals surface area contributed by atoms with Gasteiger partial charge in [-0.1, -0.05) is 27.2 Å². The van der Waals surface area contributed by atoms with Crippen molar-refractivity contribution < 1.29 is 33.3 Å². The normalized spacial score (nSPS) is 14.5. The van der Waals surface area contributed by atoms with Gasteiger partial charge in [-0.15, -0.1) is 0 Å². The topological polar surface area (TPSA) is 100 Å². The summed E-state index contributed by atoms with van der Waals surface area (Å²) in [7, 11) is 1.17. The van der Waals surface area contributed by atoms with Crippen LogP contribution in [0.3, 0.4) is 0 Å². The molecule has 170 valence electrons. The highest BCUT2D eigenvalue weighted by atomic mass is 16.7. The first-order chi connectivity index (χ1) is 13.3. The SMILES string of the molecule is COC(=O)C(COC(=O)OC(C)CCCC(C)CC(C)C)NC(=O)OC(C)(C)C. The monoisotopic (exact) mass is 417 g/mol. The van der Waals surface area contributed by atoms with Crippen LogP contribution in [0.1, 0.15) is 74.1 Å². The zero-order valence-corrected chi connectivity index (χ0v) is 19.2. The van der Waals surface area contributed by atoms with Crippen LogP contribution >= 0.6 is 0 Å². The number of rotatable bonds is 11. The van der Waals surface area contributed by atoms with Crippen molar-refractivity contribution in [2.24, 2.45) is 11.8 Å². The molecule has 0 aromatic heterocycles. The average molecular weight is 418 g/mol. The molecule has 1 N–H and O–H groups in total. The molecule has 0 fully saturated rings. The van der Waals surface area contributed by atoms with Crippen LogP contribution in [0, 0.1) is 11.8 Å². The first kappa shape index (κ1) is 27.0. The second-order valence-electron chi connectivity index (χ2n) is 8.88. The molecule has 0 rings (SSSR count). The van der Waals surface area contributed by atoms with Crippen LogP contribution in [-0.2, 0) is 23.7 Å². The summed E-state index contributed by atoms with van der Waals surface area (Å²) in [5.74, 6) is 0.551. The molecule has 0 aliphatic heterocycles. The number of nitrogens with one attached hydrogen (secondary N) is 1. The van der Waals surface area contributed by atoms with Gasteiger partial charge in [-0.25, -0.2) is 14.4 Å². The Morgan fingerprint density at radius 2 is 1.62 bits per heavy atom. The average Bonchev–Trinajstić information content (AvgIpc) is 2.55. The van der Waals surface area contributed by atoms with Gasteiger partial charge in [-0.05, 0) is 58.8 Å². The first-order valence-corrected chi connectivity index (χ1v) is 10.2. The van der Waals surface area contributed by atoms with Gasteiger partial charge in [0.15, 0.2) is 6.04 Å². The number of hydrogen-bond acceptors (Lipinski definition) is 7. The highest BCUT2D eigenvalue weighted by molar-refractivity contribution is 5.81. The quantitative estimate of drug-likeness (QED) is 0.391. The second-order valence-corrected chi connectivity index (χ2v) is 8.88. The molecular formula is C21H39NO7. The van der Waals surface area contributed by atoms with Crippen molar-refractivity contribution in [2.45, 2.75) is 91.9 Å². The predicted octanol–water partition coefficient (Wildman–Crippen LogP) is 4.45. The largest absolute Gasteiger partial charge is 0.508 e. The Kier molecular flexibility index (Phi) is 12.4. The molecule has 0 heterocycles. The fraction of sp³-hybridized carbons (Fsp3) is 0.857. The highest BCUT2D eigenvalue weighted by Gasteiger charge is 2.27. The van der Waals surface area contributed by atoms with Gasteiger partial charge in [0.05, 0.1) is 7.11 Å². The number of alkyl carbamates (subject to hydrolysis) is 1. The highest BCUT2D eigenvalue weighted by Crippen LogP contribution is 2.18. The van der Waals surface area contributed by atoms with Crippen molar-refractivity contribution in [3.8, 4) is 0 Å². The van der Waals surface area contributed by atoms with E-state index in [4.69, 9.17) is 14.2 Å². The Labute approximate surface area is 175 Å². The van der Waals surface area contributed by atoms with Crippen LogP contribution in [0.5, 0.6) is 0 Å². The standard InChI is InChI=1S/C21H39NO7/c1-14(2)12-15(3)10-9-11-16(4)28-20(25)27-13-17(18(23)26-8)22-19(24)29-21(5,6)7/h14-17H,9-13H2,1-8H3,(H,22,24). The molecule has 1 amide bonds. The molecule has 3 atom stereocenters. The first-order valence-electron chi connectivity index (χ1n) is 10.2. The van der Waals surface area contributed by atoms with Gasteiger partial charge < -0.3 is 24.3 Å². The van der Waals surface area contributed by atoms with Crippen LogP contribution < -0.4 is 5.32 Å². The van der Waals surface area contributed by atoms with Gasteiger partial charge in [0.2, 0.25) is 0 Å². The lowest BCUT2D eigenvalue weighted by Crippen LogP contribution is -2.47. The van der Waals surface area contributed by atoms with Gasteiger partial charge in [0, 0.05) is 0 Å². The van der Waals surface area contributed by atoms with Crippen molar-refractivity contribution in [1.29, 1.82) is 0 Å². The van der Waals surface area contributed by atoms with Gasteiger partial charge in [-0.3, -0.25) is 0 Å². The third kappa shape index (κ3) is 14.6. The summed E-state index contributed by atoms with van der Waals surface area (Å²) in [5, 5.41) is 2.33. The van der Waals surface area contributed by atoms with E-state index in [1.165, 1.54) is 13.5 Å². The molecule has 0 radical (unpaired) electrons. The minimum Gasteiger partial charge on any atom is -0.467 e. The molecule has 0 saturated heterocycles. The maximum atomic E-state index is 11.9. The van der Waals surface area contributed by atoms with Crippen LogP contribution in [0.15, 0.2) is 0 Å². The van der Waals surface area contributed by atoms with Crippen LogP contribution in [0.4, 0.5) is 9.59 Å². The number of amides is 1. The Morgan fingerprint density at radius 1 is 1.00 bits per heavy atom. The van der Waals surface area contributed by atoms with E-state index in [1.807, 2.05) is 0 Å². The smallest absolute Gasteiger partial charge is 0.467 e. The molecule has 3 unspecified atom stereocenters. The molecule has 0 aromatic rings. The molecule has 8 nitrogen and oxygen atoms in total. The molecule has 0 aliphatic rings. The second kappa shape index (κ2) is 13.3. The molecule has 0 bridgehead atoms. The number of carbonyl (C=O) groups is 3. The van der Waals surface area contributed by atoms with E-state index in [-0.39, 0.29) is 6.10 Å². The maximum absolute atomic E-state index is 11.9. The fourth-order valence-electron chi connectivity index (χ4n) is 2.85. The number of methoxy groups -OCH3 is 1. The Bertz CT molecular complexity index is 514. The summed E-state index contributed by atoms with van der Waals surface area (Å²) < 4.78 is 19.9. The van der Waals surface area contributed by atoms with E-state index >= 15 is 0 Å². The predicted molar refractivity (Wildman–Crippen MR) is 110 cm³/mol. The zero-order valence-electron chi connectivity index (χ0n) is 19.2. The van der Waals surface area contributed by atoms with E-state index in [1.54, 1.807) is 27.7 Å². The zero-order chi connectivity index (χ0) is 22.6. The van der Waals surface area contributed by atoms with Gasteiger partial charge in [0.25, 0.3) is 0 Å². The summed E-state index contributed by atoms with van der Waals surface area (Å²) in [5.41, 5.74) is -0.730. The van der Waals surface area contributed by atoms with Gasteiger partial charge in [0.1, 0.15) is 18.3 Å². The number of carbonyl (C=O) groups excluding carboxylic acids is 3. The number of ether oxygens (including phenoxy) is 4. The Hall–Kier alpha value is -1.99. The molecule has 0 saturated carbocycles. The molecule has 29 heavy (non-hydrogen) atoms. The summed E-state index contributed by atoms with van der Waals surface area (Å²) in [4.78, 5) is 35.5. The van der Waals surface area contributed by atoms with Crippen molar-refractivity contribution in [2.75, 3.05) is 13.7 Å². The fourth-order valence-corrected chi connectivity index (χ4v) is 2.85. The van der Waals surface area contributed by atoms with E-state index < -0.39 is 36.5 Å². The molecular weight excluding hydrogens is 378 g/mol. The lowest BCUT2D eigenvalue weighted by molar-refractivity contribution is -0.144. The lowest BCUT2D eigenvalue weighted by Gasteiger charge is -2.22. The van der Waals surface area contributed by atoms with Crippen molar-refractivity contribution in [3.63, 3.8) is 0 Å². The third-order valence-electron chi connectivity index (χ3n) is 4.02. The van der Waals surface area contributed by atoms with Crippen LogP contribution in [0.2, 0.25) is 0 Å². The molecule has 0 aromatic carbocycles. The van der Waals surface area contributed by atoms with E-state index in [0.29, 0.717) is 11.8 Å². The minimum atomic E-state index is -1.19. The molecule has 0 aliphatic carbocycles. The van der Waals surface area contributed by atoms with E-state index in [0.717, 1.165) is 19.3 Å². The van der Waals surface area contributed by atoms with Crippen LogP contribution in [0.25, 0.3) is 0 Å². The number of hydrogen-bond donors (Lipinski definition) is 1. The Balaban J connectivity index is 4.36. The maximum Gasteiger partial charge on any atom is 0.508 e. The van der Waals surface area contributed by atoms with Crippen molar-refractivity contribution in [3.05, 3.63) is 0 Å². The Morgan fingerprint density at radius 3 is 2.14 bits per heavy atom. The lowest BCUT2D eigenvalue weighted by atomic mass is 9.93. The van der Waals surface area contributed by atoms with Crippen molar-refractivity contribution >= 4 is 18.2 Å². The van der Waals surface area contributed by atoms with Crippen LogP contribution in [-0.4, -0.2) is 49.7 Å². The number of esters is 1. The summed E-state index contributed by atoms with van der Waals surface area (Å²) in [6.07, 6.45) is 1.93. The summed E-state index contributed by atoms with van der Waals surface area (Å²) in [6, 6.07) is -1.19. The van der Waals surface area contributed by atoms with E-state index in [2.05, 4.69) is 30.8 Å². The van der Waals surface area contributed by atoms with Gasteiger partial charge >= 0.3 is 18.2 Å². The minimum absolute atomic E-state index is 0.302. The third-order valence-corrected chi connectivity index (χ3v) is 4.02. The van der Waals surface area contributed by atoms with Crippen molar-refractivity contribution in [1.82, 2.24) is 5.32 Å². The molecule has 0 spiro atoms. The molecule has 8 heteroatoms. The summed E-state index contributed by atoms with van der Waals surface area (Å²) >= 11 is 0. The van der Waals surface area contributed by atoms with E-state index in [9.17, 15) is 14.4 Å².